The summed E-state index contributed by atoms with van der Waals surface area (Å²) in [5.41, 5.74) is 5.70. The van der Waals surface area contributed by atoms with E-state index >= 15 is 0 Å². The molecule has 10 nitrogen and oxygen atoms in total. The van der Waals surface area contributed by atoms with E-state index in [1.54, 1.807) is 43.5 Å². The Bertz CT molecular complexity index is 1750. The number of hydrogen-bond acceptors (Lipinski definition) is 6. The number of rotatable bonds is 8. The highest BCUT2D eigenvalue weighted by molar-refractivity contribution is 6.05. The number of H-pyrrole nitrogens is 1. The van der Waals surface area contributed by atoms with Crippen LogP contribution in [-0.2, 0) is 6.42 Å². The number of anilines is 2. The fourth-order valence-corrected chi connectivity index (χ4v) is 4.12. The van der Waals surface area contributed by atoms with Gasteiger partial charge in [-0.3, -0.25) is 9.59 Å². The van der Waals surface area contributed by atoms with Gasteiger partial charge in [-0.15, -0.1) is 0 Å². The summed E-state index contributed by atoms with van der Waals surface area (Å²) in [4.78, 5) is 38.6. The van der Waals surface area contributed by atoms with Crippen LogP contribution in [-0.4, -0.2) is 43.0 Å². The van der Waals surface area contributed by atoms with Crippen LogP contribution >= 0.6 is 0 Å². The third-order valence-electron chi connectivity index (χ3n) is 6.38. The maximum atomic E-state index is 12.8. The Morgan fingerprint density at radius 3 is 2.32 bits per heavy atom. The second-order valence-corrected chi connectivity index (χ2v) is 9.48. The van der Waals surface area contributed by atoms with E-state index in [-0.39, 0.29) is 5.91 Å². The lowest BCUT2D eigenvalue weighted by molar-refractivity contribution is 0.0990. The lowest BCUT2D eigenvalue weighted by atomic mass is 10.1. The van der Waals surface area contributed by atoms with Crippen LogP contribution in [0.2, 0.25) is 0 Å². The van der Waals surface area contributed by atoms with Crippen LogP contribution in [0.4, 0.5) is 17.1 Å². The molecule has 1 heterocycles. The smallest absolute Gasteiger partial charge is 0.360 e. The molecular formula is C31H28N7O3+. The third kappa shape index (κ3) is 6.70. The molecule has 0 unspecified atom stereocenters. The highest BCUT2D eigenvalue weighted by Gasteiger charge is 2.12. The molecule has 204 valence electrons. The van der Waals surface area contributed by atoms with Gasteiger partial charge >= 0.3 is 5.91 Å². The normalized spacial score (nSPS) is 10.5. The fraction of sp³-hybridized carbons (Fsp3) is 0.129. The first-order valence-electron chi connectivity index (χ1n) is 12.8. The van der Waals surface area contributed by atoms with E-state index in [9.17, 15) is 9.59 Å². The molecule has 5 rings (SSSR count). The van der Waals surface area contributed by atoms with Crippen LogP contribution in [0.1, 0.15) is 32.1 Å². The molecule has 0 atom stereocenters. The number of ether oxygens (including phenoxy) is 1. The van der Waals surface area contributed by atoms with Gasteiger partial charge in [0.05, 0.1) is 18.1 Å². The van der Waals surface area contributed by atoms with Crippen LogP contribution in [0, 0.1) is 0 Å². The molecule has 0 aliphatic carbocycles. The van der Waals surface area contributed by atoms with Crippen molar-refractivity contribution in [3.8, 4) is 5.75 Å². The van der Waals surface area contributed by atoms with Crippen LogP contribution < -0.4 is 19.9 Å². The van der Waals surface area contributed by atoms with Gasteiger partial charge < -0.3 is 19.9 Å². The molecule has 0 radical (unpaired) electrons. The van der Waals surface area contributed by atoms with Gasteiger partial charge in [0.1, 0.15) is 11.6 Å². The van der Waals surface area contributed by atoms with Crippen LogP contribution in [0.25, 0.3) is 11.0 Å². The molecular weight excluding hydrogens is 518 g/mol. The van der Waals surface area contributed by atoms with Gasteiger partial charge in [-0.25, -0.2) is 4.98 Å². The topological polar surface area (TPSA) is 126 Å². The predicted octanol–water partition coefficient (Wildman–Crippen LogP) is 5.92. The van der Waals surface area contributed by atoms with E-state index in [2.05, 4.69) is 30.4 Å². The molecule has 1 aromatic heterocycles. The van der Waals surface area contributed by atoms with Gasteiger partial charge in [0.25, 0.3) is 5.91 Å². The second-order valence-electron chi connectivity index (χ2n) is 9.48. The van der Waals surface area contributed by atoms with Crippen molar-refractivity contribution in [2.45, 2.75) is 6.42 Å². The van der Waals surface area contributed by atoms with E-state index in [1.807, 2.05) is 73.6 Å². The zero-order valence-electron chi connectivity index (χ0n) is 22.8. The standard InChI is InChI=1S/C31H27N7O3/c1-38(2)25-13-8-22(9-14-25)31(40)36-37-35-23-10-6-21(7-11-23)30(39)32-24-12-17-27-28(19-24)34-29(33-27)18-20-4-15-26(41-3)16-5-20/h4-17,19H,18H2,1-3H3,(H,35,36,39,40)/p+1. The summed E-state index contributed by atoms with van der Waals surface area (Å²) in [6.07, 6.45) is 0.648. The lowest BCUT2D eigenvalue weighted by Crippen LogP contribution is -2.11. The highest BCUT2D eigenvalue weighted by atomic mass is 16.5. The molecule has 4 aromatic carbocycles. The Morgan fingerprint density at radius 2 is 1.63 bits per heavy atom. The van der Waals surface area contributed by atoms with Crippen molar-refractivity contribution in [3.63, 3.8) is 0 Å². The minimum atomic E-state index is -0.489. The minimum Gasteiger partial charge on any atom is -0.497 e. The van der Waals surface area contributed by atoms with Gasteiger partial charge in [-0.05, 0) is 84.4 Å². The number of aromatic nitrogens is 2. The van der Waals surface area contributed by atoms with Gasteiger partial charge in [0.2, 0.25) is 10.0 Å². The fourth-order valence-electron chi connectivity index (χ4n) is 4.12. The number of methoxy groups -OCH3 is 1. The number of benzene rings is 4. The molecule has 0 aliphatic heterocycles. The minimum absolute atomic E-state index is 0.271. The van der Waals surface area contributed by atoms with Gasteiger partial charge in [-0.2, -0.15) is 0 Å². The average molecular weight is 547 g/mol. The van der Waals surface area contributed by atoms with Crippen molar-refractivity contribution in [2.75, 3.05) is 31.4 Å². The van der Waals surface area contributed by atoms with Crippen molar-refractivity contribution < 1.29 is 14.3 Å². The summed E-state index contributed by atoms with van der Waals surface area (Å²) in [5, 5.41) is 10.5. The molecule has 0 aliphatic rings. The largest absolute Gasteiger partial charge is 0.497 e. The molecule has 2 N–H and O–H groups in total. The Labute approximate surface area is 236 Å². The Hall–Kier alpha value is -5.60. The van der Waals surface area contributed by atoms with E-state index in [0.717, 1.165) is 33.9 Å². The van der Waals surface area contributed by atoms with E-state index in [0.29, 0.717) is 28.9 Å². The zero-order valence-corrected chi connectivity index (χ0v) is 22.8. The van der Waals surface area contributed by atoms with E-state index in [1.165, 1.54) is 0 Å². The number of nitrogens with zero attached hydrogens (tertiary/aromatic N) is 5. The molecule has 0 saturated heterocycles. The molecule has 0 spiro atoms. The molecule has 5 aromatic rings. The summed E-state index contributed by atoms with van der Waals surface area (Å²) < 4.78 is 5.21. The number of nitrogens with one attached hydrogen (secondary N) is 2. The van der Waals surface area contributed by atoms with Gasteiger partial charge in [0.15, 0.2) is 10.8 Å². The zero-order chi connectivity index (χ0) is 28.8. The van der Waals surface area contributed by atoms with Crippen LogP contribution in [0.15, 0.2) is 101 Å². The Balaban J connectivity index is 1.20. The number of imidazole rings is 1. The lowest BCUT2D eigenvalue weighted by Gasteiger charge is -2.11. The van der Waals surface area contributed by atoms with E-state index in [4.69, 9.17) is 4.74 Å². The molecule has 10 heteroatoms. The van der Waals surface area contributed by atoms with Crippen molar-refractivity contribution >= 4 is 39.9 Å². The van der Waals surface area contributed by atoms with Gasteiger partial charge in [-0.1, -0.05) is 12.1 Å². The number of carbonyl (C=O) groups excluding carboxylic acids is 2. The number of fused-ring (bicyclic) bond motifs is 1. The first-order valence-corrected chi connectivity index (χ1v) is 12.8. The van der Waals surface area contributed by atoms with Crippen molar-refractivity contribution in [2.24, 2.45) is 10.2 Å². The number of amides is 2. The quantitative estimate of drug-likeness (QED) is 0.184. The highest BCUT2D eigenvalue weighted by Crippen LogP contribution is 2.21. The molecule has 2 amide bonds. The molecule has 0 saturated carbocycles. The Kier molecular flexibility index (Phi) is 7.94. The molecule has 0 fully saturated rings. The van der Waals surface area contributed by atoms with Crippen LogP contribution in [0.5, 0.6) is 5.75 Å². The number of carbonyl (C=O) groups is 2. The van der Waals surface area contributed by atoms with Gasteiger partial charge in [0, 0.05) is 43.0 Å². The SMILES string of the molecule is COc1ccc(Cc2nc3ccc(NC(=O)c4ccc(N=[N+]=NC(=O)c5ccc(N(C)C)cc5)cc4)cc3[nH]2)cc1. The average Bonchev–Trinajstić information content (AvgIpc) is 3.39. The van der Waals surface area contributed by atoms with Crippen molar-refractivity contribution in [1.82, 2.24) is 14.9 Å². The molecule has 0 bridgehead atoms. The number of hydrogen-bond donors (Lipinski definition) is 2. The maximum Gasteiger partial charge on any atom is 0.360 e. The summed E-state index contributed by atoms with van der Waals surface area (Å²) >= 11 is 0. The third-order valence-corrected chi connectivity index (χ3v) is 6.38. The summed E-state index contributed by atoms with van der Waals surface area (Å²) in [6.45, 7) is 0. The summed E-state index contributed by atoms with van der Waals surface area (Å²) in [7, 11) is 5.48. The van der Waals surface area contributed by atoms with Crippen molar-refractivity contribution in [3.05, 3.63) is 114 Å². The van der Waals surface area contributed by atoms with E-state index < -0.39 is 5.91 Å². The predicted molar refractivity (Wildman–Crippen MR) is 158 cm³/mol. The second kappa shape index (κ2) is 12.1. The summed E-state index contributed by atoms with van der Waals surface area (Å²) in [5.74, 6) is 0.876. The molecule has 41 heavy (non-hydrogen) atoms. The Morgan fingerprint density at radius 1 is 0.927 bits per heavy atom. The summed E-state index contributed by atoms with van der Waals surface area (Å²) in [6, 6.07) is 27.0. The maximum absolute atomic E-state index is 12.8. The van der Waals surface area contributed by atoms with Crippen molar-refractivity contribution in [1.29, 1.82) is 0 Å². The van der Waals surface area contributed by atoms with Crippen LogP contribution in [0.3, 0.4) is 0 Å². The number of aromatic amines is 1. The monoisotopic (exact) mass is 546 g/mol. The first kappa shape index (κ1) is 27.0. The first-order chi connectivity index (χ1) is 19.9.